The Hall–Kier alpha value is -1.14. The number of rotatable bonds is 5. The summed E-state index contributed by atoms with van der Waals surface area (Å²) in [7, 11) is 0. The first-order valence-electron chi connectivity index (χ1n) is 10.3. The third kappa shape index (κ3) is 4.58. The lowest BCUT2D eigenvalue weighted by molar-refractivity contribution is -0.0534. The molecule has 1 N–H and O–H groups in total. The summed E-state index contributed by atoms with van der Waals surface area (Å²) in [5, 5.41) is 10.7. The van der Waals surface area contributed by atoms with Gasteiger partial charge in [0.15, 0.2) is 0 Å². The van der Waals surface area contributed by atoms with E-state index < -0.39 is 0 Å². The molecule has 1 saturated carbocycles. The highest BCUT2D eigenvalue weighted by molar-refractivity contribution is 5.28. The number of β-amino-alcohol motifs (C(OH)–C–C–N with tert-alkyl or cyclic N) is 1. The number of aliphatic hydroxyl groups is 1. The zero-order chi connectivity index (χ0) is 17.8. The van der Waals surface area contributed by atoms with Crippen LogP contribution in [0.3, 0.4) is 0 Å². The zero-order valence-corrected chi connectivity index (χ0v) is 15.7. The molecule has 1 aromatic rings. The molecule has 5 nitrogen and oxygen atoms in total. The van der Waals surface area contributed by atoms with Crippen molar-refractivity contribution < 1.29 is 14.6 Å². The Morgan fingerprint density at radius 1 is 1.08 bits per heavy atom. The molecule has 26 heavy (non-hydrogen) atoms. The van der Waals surface area contributed by atoms with Gasteiger partial charge in [-0.3, -0.25) is 9.80 Å². The minimum absolute atomic E-state index is 0.278. The number of nitrogens with zero attached hydrogens (tertiary/aromatic N) is 2. The number of likely N-dealkylation sites (tertiary alicyclic amines) is 1. The smallest absolute Gasteiger partial charge is 0.120 e. The first-order chi connectivity index (χ1) is 12.8. The average molecular weight is 360 g/mol. The van der Waals surface area contributed by atoms with Gasteiger partial charge in [-0.25, -0.2) is 0 Å². The summed E-state index contributed by atoms with van der Waals surface area (Å²) in [6.07, 6.45) is 6.10. The molecule has 4 rings (SSSR count). The predicted molar refractivity (Wildman–Crippen MR) is 101 cm³/mol. The van der Waals surface area contributed by atoms with Crippen LogP contribution in [0, 0.1) is 0 Å². The molecule has 1 aromatic carbocycles. The van der Waals surface area contributed by atoms with E-state index >= 15 is 0 Å². The van der Waals surface area contributed by atoms with Gasteiger partial charge >= 0.3 is 0 Å². The highest BCUT2D eigenvalue weighted by Crippen LogP contribution is 2.26. The molecule has 0 amide bonds. The molecular formula is C21H32N2O3. The molecule has 5 heteroatoms. The lowest BCUT2D eigenvalue weighted by Gasteiger charge is -2.43. The fraction of sp³-hybridized carbons (Fsp3) is 0.714. The standard InChI is InChI=1S/C21H32N2O3/c24-21-16-22(9-8-20(21)23-10-12-25-13-11-23)15-17-4-3-7-19(14-17)26-18-5-1-2-6-18/h3-4,7,14,18,20-21,24H,1-2,5-6,8-13,15-16H2/t20-,21-/m1/s1. The highest BCUT2D eigenvalue weighted by Gasteiger charge is 2.32. The Balaban J connectivity index is 1.30. The summed E-state index contributed by atoms with van der Waals surface area (Å²) in [4.78, 5) is 4.78. The number of benzene rings is 1. The quantitative estimate of drug-likeness (QED) is 0.873. The third-order valence-electron chi connectivity index (χ3n) is 6.05. The molecule has 2 heterocycles. The van der Waals surface area contributed by atoms with Crippen LogP contribution in [0.5, 0.6) is 5.75 Å². The van der Waals surface area contributed by atoms with Crippen molar-refractivity contribution in [3.8, 4) is 5.75 Å². The van der Waals surface area contributed by atoms with Crippen LogP contribution in [-0.2, 0) is 11.3 Å². The van der Waals surface area contributed by atoms with Gasteiger partial charge in [0.05, 0.1) is 25.4 Å². The van der Waals surface area contributed by atoms with E-state index in [2.05, 4.69) is 34.1 Å². The van der Waals surface area contributed by atoms with Gasteiger partial charge in [-0.1, -0.05) is 12.1 Å². The van der Waals surface area contributed by atoms with Crippen LogP contribution in [0.1, 0.15) is 37.7 Å². The van der Waals surface area contributed by atoms with Gasteiger partial charge in [-0.15, -0.1) is 0 Å². The van der Waals surface area contributed by atoms with Crippen LogP contribution >= 0.6 is 0 Å². The topological polar surface area (TPSA) is 45.2 Å². The monoisotopic (exact) mass is 360 g/mol. The molecule has 2 aliphatic heterocycles. The number of morpholine rings is 1. The second kappa shape index (κ2) is 8.70. The van der Waals surface area contributed by atoms with E-state index in [1.54, 1.807) is 0 Å². The van der Waals surface area contributed by atoms with Gasteiger partial charge in [-0.05, 0) is 49.8 Å². The van der Waals surface area contributed by atoms with Gasteiger partial charge in [0.25, 0.3) is 0 Å². The maximum atomic E-state index is 10.7. The average Bonchev–Trinajstić information content (AvgIpc) is 3.16. The van der Waals surface area contributed by atoms with Crippen molar-refractivity contribution in [2.75, 3.05) is 39.4 Å². The van der Waals surface area contributed by atoms with Crippen LogP contribution in [0.25, 0.3) is 0 Å². The van der Waals surface area contributed by atoms with Gasteiger partial charge in [-0.2, -0.15) is 0 Å². The SMILES string of the molecule is O[C@@H]1CN(Cc2cccc(OC3CCCC3)c2)CC[C@H]1N1CCOCC1. The van der Waals surface area contributed by atoms with E-state index in [4.69, 9.17) is 9.47 Å². The maximum absolute atomic E-state index is 10.7. The predicted octanol–water partition coefficient (Wildman–Crippen LogP) is 2.28. The number of aliphatic hydroxyl groups excluding tert-OH is 1. The molecule has 0 unspecified atom stereocenters. The van der Waals surface area contributed by atoms with Gasteiger partial charge in [0, 0.05) is 38.8 Å². The zero-order valence-electron chi connectivity index (χ0n) is 15.7. The van der Waals surface area contributed by atoms with E-state index in [-0.39, 0.29) is 12.1 Å². The molecule has 2 atom stereocenters. The van der Waals surface area contributed by atoms with E-state index in [9.17, 15) is 5.11 Å². The molecule has 0 radical (unpaired) electrons. The van der Waals surface area contributed by atoms with Crippen molar-refractivity contribution in [1.29, 1.82) is 0 Å². The van der Waals surface area contributed by atoms with Gasteiger partial charge in [0.2, 0.25) is 0 Å². The number of hydrogen-bond donors (Lipinski definition) is 1. The minimum Gasteiger partial charge on any atom is -0.490 e. The van der Waals surface area contributed by atoms with E-state index in [1.165, 1.54) is 31.2 Å². The van der Waals surface area contributed by atoms with Crippen molar-refractivity contribution in [2.24, 2.45) is 0 Å². The largest absolute Gasteiger partial charge is 0.490 e. The Morgan fingerprint density at radius 3 is 2.65 bits per heavy atom. The minimum atomic E-state index is -0.278. The molecule has 144 valence electrons. The Bertz CT molecular complexity index is 570. The normalized spacial score (nSPS) is 29.1. The Kier molecular flexibility index (Phi) is 6.10. The van der Waals surface area contributed by atoms with Crippen molar-refractivity contribution in [1.82, 2.24) is 9.80 Å². The molecular weight excluding hydrogens is 328 g/mol. The molecule has 0 spiro atoms. The van der Waals surface area contributed by atoms with Crippen molar-refractivity contribution in [2.45, 2.75) is 56.9 Å². The number of hydrogen-bond acceptors (Lipinski definition) is 5. The molecule has 2 saturated heterocycles. The molecule has 0 bridgehead atoms. The van der Waals surface area contributed by atoms with Crippen molar-refractivity contribution >= 4 is 0 Å². The first-order valence-corrected chi connectivity index (χ1v) is 10.3. The van der Waals surface area contributed by atoms with Crippen LogP contribution in [0.4, 0.5) is 0 Å². The second-order valence-corrected chi connectivity index (χ2v) is 7.98. The van der Waals surface area contributed by atoms with Gasteiger partial charge in [0.1, 0.15) is 5.75 Å². The summed E-state index contributed by atoms with van der Waals surface area (Å²) >= 11 is 0. The summed E-state index contributed by atoms with van der Waals surface area (Å²) < 4.78 is 11.6. The van der Waals surface area contributed by atoms with Crippen LogP contribution in [0.15, 0.2) is 24.3 Å². The molecule has 3 fully saturated rings. The lowest BCUT2D eigenvalue weighted by atomic mass is 9.99. The van der Waals surface area contributed by atoms with E-state index in [0.717, 1.165) is 58.1 Å². The molecule has 1 aliphatic carbocycles. The summed E-state index contributed by atoms with van der Waals surface area (Å²) in [6, 6.07) is 8.80. The second-order valence-electron chi connectivity index (χ2n) is 7.98. The summed E-state index contributed by atoms with van der Waals surface area (Å²) in [5.74, 6) is 0.998. The summed E-state index contributed by atoms with van der Waals surface area (Å²) in [5.41, 5.74) is 1.28. The number of piperidine rings is 1. The Labute approximate surface area is 156 Å². The maximum Gasteiger partial charge on any atom is 0.120 e. The van der Waals surface area contributed by atoms with Crippen LogP contribution in [-0.4, -0.2) is 72.5 Å². The molecule has 3 aliphatic rings. The highest BCUT2D eigenvalue weighted by atomic mass is 16.5. The molecule has 0 aromatic heterocycles. The van der Waals surface area contributed by atoms with Crippen LogP contribution < -0.4 is 4.74 Å². The van der Waals surface area contributed by atoms with Crippen LogP contribution in [0.2, 0.25) is 0 Å². The van der Waals surface area contributed by atoms with E-state index in [0.29, 0.717) is 6.10 Å². The number of ether oxygens (including phenoxy) is 2. The lowest BCUT2D eigenvalue weighted by Crippen LogP contribution is -2.56. The summed E-state index contributed by atoms with van der Waals surface area (Å²) in [6.45, 7) is 6.14. The van der Waals surface area contributed by atoms with E-state index in [1.807, 2.05) is 0 Å². The van der Waals surface area contributed by atoms with Crippen molar-refractivity contribution in [3.05, 3.63) is 29.8 Å². The fourth-order valence-electron chi connectivity index (χ4n) is 4.64. The first kappa shape index (κ1) is 18.2. The fourth-order valence-corrected chi connectivity index (χ4v) is 4.64. The van der Waals surface area contributed by atoms with Crippen molar-refractivity contribution in [3.63, 3.8) is 0 Å². The van der Waals surface area contributed by atoms with Gasteiger partial charge < -0.3 is 14.6 Å². The third-order valence-corrected chi connectivity index (χ3v) is 6.05. The Morgan fingerprint density at radius 2 is 1.88 bits per heavy atom.